The van der Waals surface area contributed by atoms with E-state index in [0.717, 1.165) is 11.4 Å². The maximum Gasteiger partial charge on any atom is 0.313 e. The lowest BCUT2D eigenvalue weighted by Gasteiger charge is -2.28. The third-order valence-corrected chi connectivity index (χ3v) is 6.15. The van der Waals surface area contributed by atoms with Crippen LogP contribution in [0, 0.1) is 18.3 Å². The number of aromatic nitrogens is 2. The van der Waals surface area contributed by atoms with E-state index < -0.39 is 11.4 Å². The number of likely N-dealkylation sites (tertiary alicyclic amines) is 1. The van der Waals surface area contributed by atoms with Crippen LogP contribution in [0.2, 0.25) is 0 Å². The number of hydrogen-bond acceptors (Lipinski definition) is 5. The Morgan fingerprint density at radius 3 is 2.56 bits per heavy atom. The molecule has 3 aliphatic rings. The summed E-state index contributed by atoms with van der Waals surface area (Å²) in [4.78, 5) is 36.7. The smallest absolute Gasteiger partial charge is 0.313 e. The minimum absolute atomic E-state index is 0.0550. The molecule has 0 bridgehead atoms. The summed E-state index contributed by atoms with van der Waals surface area (Å²) in [5.74, 6) is 0.205. The van der Waals surface area contributed by atoms with E-state index in [4.69, 9.17) is 4.98 Å². The molecule has 4 rings (SSSR count). The second kappa shape index (κ2) is 5.68. The standard InChI is InChI=1S/C18H24N4O3/c1-11-6-15(13-4-3-5-13)20-17(19-11)22-8-14-7-21(12(2)23)9-18(14,10-22)16(24)25/h6,13-14H,3-5,7-10H2,1-2H3,(H,24,25)/t14-,18-/m1/s1. The molecule has 7 nitrogen and oxygen atoms in total. The molecule has 0 spiro atoms. The molecule has 134 valence electrons. The summed E-state index contributed by atoms with van der Waals surface area (Å²) in [6.07, 6.45) is 3.59. The van der Waals surface area contributed by atoms with Gasteiger partial charge in [-0.2, -0.15) is 0 Å². The Labute approximate surface area is 147 Å². The Hall–Kier alpha value is -2.18. The number of amides is 1. The van der Waals surface area contributed by atoms with Crippen molar-refractivity contribution in [1.29, 1.82) is 0 Å². The molecule has 1 amide bonds. The number of carboxylic acid groups (broad SMARTS) is 1. The number of hydrogen-bond donors (Lipinski definition) is 1. The average Bonchev–Trinajstić information content (AvgIpc) is 2.99. The monoisotopic (exact) mass is 344 g/mol. The Morgan fingerprint density at radius 2 is 2.00 bits per heavy atom. The van der Waals surface area contributed by atoms with Gasteiger partial charge in [0, 0.05) is 56.3 Å². The number of aliphatic carboxylic acids is 1. The van der Waals surface area contributed by atoms with E-state index >= 15 is 0 Å². The SMILES string of the molecule is CC(=O)N1C[C@@H]2CN(c3nc(C)cc(C4CCC4)n3)C[C@]2(C(=O)O)C1. The zero-order valence-electron chi connectivity index (χ0n) is 14.7. The van der Waals surface area contributed by atoms with Gasteiger partial charge in [0.1, 0.15) is 5.41 Å². The van der Waals surface area contributed by atoms with Gasteiger partial charge in [0.15, 0.2) is 0 Å². The molecule has 3 fully saturated rings. The number of carboxylic acids is 1. The molecule has 1 aromatic rings. The average molecular weight is 344 g/mol. The van der Waals surface area contributed by atoms with Crippen molar-refractivity contribution in [1.82, 2.24) is 14.9 Å². The van der Waals surface area contributed by atoms with Gasteiger partial charge in [-0.1, -0.05) is 6.42 Å². The van der Waals surface area contributed by atoms with Gasteiger partial charge in [0.25, 0.3) is 0 Å². The Balaban J connectivity index is 1.61. The first-order valence-corrected chi connectivity index (χ1v) is 8.98. The molecule has 1 saturated carbocycles. The molecule has 0 aromatic carbocycles. The van der Waals surface area contributed by atoms with Gasteiger partial charge in [-0.3, -0.25) is 9.59 Å². The molecule has 1 aliphatic carbocycles. The third kappa shape index (κ3) is 2.56. The van der Waals surface area contributed by atoms with E-state index in [-0.39, 0.29) is 18.4 Å². The number of aryl methyl sites for hydroxylation is 1. The van der Waals surface area contributed by atoms with E-state index in [1.54, 1.807) is 4.90 Å². The zero-order valence-corrected chi connectivity index (χ0v) is 14.7. The zero-order chi connectivity index (χ0) is 17.8. The number of carbonyl (C=O) groups is 2. The second-order valence-corrected chi connectivity index (χ2v) is 7.80. The number of nitrogens with zero attached hydrogens (tertiary/aromatic N) is 4. The maximum atomic E-state index is 12.0. The summed E-state index contributed by atoms with van der Waals surface area (Å²) in [5.41, 5.74) is 1.11. The van der Waals surface area contributed by atoms with Crippen LogP contribution in [0.1, 0.15) is 43.5 Å². The molecule has 1 aromatic heterocycles. The molecular formula is C18H24N4O3. The van der Waals surface area contributed by atoms with Crippen LogP contribution in [0.15, 0.2) is 6.07 Å². The van der Waals surface area contributed by atoms with Crippen molar-refractivity contribution >= 4 is 17.8 Å². The largest absolute Gasteiger partial charge is 0.481 e. The highest BCUT2D eigenvalue weighted by Crippen LogP contribution is 2.44. The Morgan fingerprint density at radius 1 is 1.24 bits per heavy atom. The lowest BCUT2D eigenvalue weighted by atomic mass is 9.81. The van der Waals surface area contributed by atoms with Crippen molar-refractivity contribution in [3.05, 3.63) is 17.5 Å². The predicted molar refractivity (Wildman–Crippen MR) is 91.4 cm³/mol. The van der Waals surface area contributed by atoms with Crippen molar-refractivity contribution in [3.8, 4) is 0 Å². The van der Waals surface area contributed by atoms with E-state index in [1.807, 2.05) is 11.8 Å². The highest BCUT2D eigenvalue weighted by Gasteiger charge is 2.58. The maximum absolute atomic E-state index is 12.0. The Kier molecular flexibility index (Phi) is 3.70. The van der Waals surface area contributed by atoms with Gasteiger partial charge in [-0.25, -0.2) is 9.97 Å². The van der Waals surface area contributed by atoms with Crippen molar-refractivity contribution in [2.45, 2.75) is 39.0 Å². The lowest BCUT2D eigenvalue weighted by molar-refractivity contribution is -0.148. The fourth-order valence-corrected chi connectivity index (χ4v) is 4.39. The molecular weight excluding hydrogens is 320 g/mol. The molecule has 0 radical (unpaired) electrons. The summed E-state index contributed by atoms with van der Waals surface area (Å²) in [6, 6.07) is 2.05. The number of rotatable bonds is 3. The predicted octanol–water partition coefficient (Wildman–Crippen LogP) is 1.42. The molecule has 7 heteroatoms. The van der Waals surface area contributed by atoms with Gasteiger partial charge in [0.2, 0.25) is 11.9 Å². The van der Waals surface area contributed by atoms with E-state index in [0.29, 0.717) is 31.5 Å². The van der Waals surface area contributed by atoms with Crippen LogP contribution in [-0.2, 0) is 9.59 Å². The molecule has 2 atom stereocenters. The van der Waals surface area contributed by atoms with Crippen LogP contribution in [0.4, 0.5) is 5.95 Å². The highest BCUT2D eigenvalue weighted by molar-refractivity contribution is 5.81. The minimum atomic E-state index is -0.907. The molecule has 1 N–H and O–H groups in total. The lowest BCUT2D eigenvalue weighted by Crippen LogP contribution is -2.42. The molecule has 2 saturated heterocycles. The highest BCUT2D eigenvalue weighted by atomic mass is 16.4. The normalized spacial score (nSPS) is 28.8. The molecule has 3 heterocycles. The Bertz CT molecular complexity index is 733. The van der Waals surface area contributed by atoms with Crippen molar-refractivity contribution in [3.63, 3.8) is 0 Å². The van der Waals surface area contributed by atoms with Gasteiger partial charge < -0.3 is 14.9 Å². The van der Waals surface area contributed by atoms with Crippen molar-refractivity contribution in [2.24, 2.45) is 11.3 Å². The van der Waals surface area contributed by atoms with E-state index in [1.165, 1.54) is 26.2 Å². The fourth-order valence-electron chi connectivity index (χ4n) is 4.39. The summed E-state index contributed by atoms with van der Waals surface area (Å²) < 4.78 is 0. The first kappa shape index (κ1) is 16.3. The van der Waals surface area contributed by atoms with Crippen LogP contribution < -0.4 is 4.90 Å². The molecule has 2 aliphatic heterocycles. The molecule has 0 unspecified atom stereocenters. The van der Waals surface area contributed by atoms with Gasteiger partial charge in [0.05, 0.1) is 0 Å². The minimum Gasteiger partial charge on any atom is -0.481 e. The third-order valence-electron chi connectivity index (χ3n) is 6.15. The summed E-state index contributed by atoms with van der Waals surface area (Å²) in [7, 11) is 0. The summed E-state index contributed by atoms with van der Waals surface area (Å²) in [5, 5.41) is 9.88. The van der Waals surface area contributed by atoms with Gasteiger partial charge in [-0.15, -0.1) is 0 Å². The van der Waals surface area contributed by atoms with E-state index in [2.05, 4.69) is 11.1 Å². The first-order chi connectivity index (χ1) is 11.9. The summed E-state index contributed by atoms with van der Waals surface area (Å²) >= 11 is 0. The van der Waals surface area contributed by atoms with Crippen LogP contribution in [0.5, 0.6) is 0 Å². The van der Waals surface area contributed by atoms with Crippen molar-refractivity contribution < 1.29 is 14.7 Å². The van der Waals surface area contributed by atoms with Crippen LogP contribution in [0.25, 0.3) is 0 Å². The van der Waals surface area contributed by atoms with Crippen LogP contribution in [0.3, 0.4) is 0 Å². The second-order valence-electron chi connectivity index (χ2n) is 7.80. The quantitative estimate of drug-likeness (QED) is 0.892. The van der Waals surface area contributed by atoms with Crippen LogP contribution >= 0.6 is 0 Å². The topological polar surface area (TPSA) is 86.6 Å². The van der Waals surface area contributed by atoms with Crippen LogP contribution in [-0.4, -0.2) is 58.0 Å². The number of anilines is 1. The fraction of sp³-hybridized carbons (Fsp3) is 0.667. The van der Waals surface area contributed by atoms with Gasteiger partial charge in [-0.05, 0) is 25.8 Å². The van der Waals surface area contributed by atoms with Crippen molar-refractivity contribution in [2.75, 3.05) is 31.1 Å². The van der Waals surface area contributed by atoms with Gasteiger partial charge >= 0.3 is 5.97 Å². The van der Waals surface area contributed by atoms with E-state index in [9.17, 15) is 14.7 Å². The number of fused-ring (bicyclic) bond motifs is 1. The number of carbonyl (C=O) groups excluding carboxylic acids is 1. The first-order valence-electron chi connectivity index (χ1n) is 8.98. The molecule has 25 heavy (non-hydrogen) atoms. The summed E-state index contributed by atoms with van der Waals surface area (Å²) in [6.45, 7) is 5.20.